The normalized spacial score (nSPS) is 20.4. The molecule has 6 nitrogen and oxygen atoms in total. The van der Waals surface area contributed by atoms with E-state index in [4.69, 9.17) is 0 Å². The molecule has 0 unspecified atom stereocenters. The molecule has 0 radical (unpaired) electrons. The van der Waals surface area contributed by atoms with Crippen LogP contribution in [-0.2, 0) is 14.4 Å². The quantitative estimate of drug-likeness (QED) is 0.458. The number of hydrogen-bond donors (Lipinski definition) is 3. The van der Waals surface area contributed by atoms with Crippen LogP contribution < -0.4 is 16.0 Å². The van der Waals surface area contributed by atoms with E-state index in [-0.39, 0.29) is 37.0 Å². The summed E-state index contributed by atoms with van der Waals surface area (Å²) >= 11 is 0. The molecule has 0 aromatic heterocycles. The van der Waals surface area contributed by atoms with Crippen LogP contribution in [-0.4, -0.2) is 37.4 Å². The number of rotatable bonds is 0. The summed E-state index contributed by atoms with van der Waals surface area (Å²) in [6, 6.07) is 0. The van der Waals surface area contributed by atoms with Crippen LogP contribution in [0.4, 0.5) is 0 Å². The van der Waals surface area contributed by atoms with Crippen molar-refractivity contribution in [2.24, 2.45) is 0 Å². The zero-order valence-electron chi connectivity index (χ0n) is 8.47. The Kier molecular flexibility index (Phi) is 4.59. The summed E-state index contributed by atoms with van der Waals surface area (Å²) in [7, 11) is 0. The monoisotopic (exact) mass is 213 g/mol. The molecule has 0 aliphatic carbocycles. The molecule has 3 amide bonds. The van der Waals surface area contributed by atoms with E-state index < -0.39 is 0 Å². The van der Waals surface area contributed by atoms with Gasteiger partial charge in [0.1, 0.15) is 0 Å². The predicted molar refractivity (Wildman–Crippen MR) is 52.9 cm³/mol. The number of carbonyl (C=O) groups excluding carboxylic acids is 3. The maximum Gasteiger partial charge on any atom is 0.221 e. The van der Waals surface area contributed by atoms with Gasteiger partial charge < -0.3 is 16.0 Å². The van der Waals surface area contributed by atoms with Gasteiger partial charge in [-0.1, -0.05) is 0 Å². The Morgan fingerprint density at radius 3 is 1.13 bits per heavy atom. The second-order valence-electron chi connectivity index (χ2n) is 3.30. The van der Waals surface area contributed by atoms with Gasteiger partial charge in [0.2, 0.25) is 17.7 Å². The predicted octanol–water partition coefficient (Wildman–Crippen LogP) is -1.48. The van der Waals surface area contributed by atoms with Crippen LogP contribution in [0.1, 0.15) is 19.3 Å². The number of carbonyl (C=O) groups is 3. The van der Waals surface area contributed by atoms with Crippen molar-refractivity contribution in [2.45, 2.75) is 19.3 Å². The van der Waals surface area contributed by atoms with Crippen molar-refractivity contribution in [1.82, 2.24) is 16.0 Å². The lowest BCUT2D eigenvalue weighted by atomic mass is 10.3. The van der Waals surface area contributed by atoms with E-state index in [9.17, 15) is 14.4 Å². The summed E-state index contributed by atoms with van der Waals surface area (Å²) in [6.45, 7) is 1.04. The maximum absolute atomic E-state index is 11.1. The zero-order chi connectivity index (χ0) is 11.1. The lowest BCUT2D eigenvalue weighted by Gasteiger charge is -2.10. The third kappa shape index (κ3) is 4.99. The van der Waals surface area contributed by atoms with Crippen LogP contribution in [0.3, 0.4) is 0 Å². The van der Waals surface area contributed by atoms with Crippen LogP contribution in [0.25, 0.3) is 0 Å². The van der Waals surface area contributed by atoms with Crippen molar-refractivity contribution >= 4 is 17.7 Å². The van der Waals surface area contributed by atoms with E-state index in [1.54, 1.807) is 0 Å². The van der Waals surface area contributed by atoms with Crippen molar-refractivity contribution < 1.29 is 14.4 Å². The molecule has 3 N–H and O–H groups in total. The highest BCUT2D eigenvalue weighted by molar-refractivity contribution is 5.81. The minimum absolute atomic E-state index is 0.149. The van der Waals surface area contributed by atoms with Gasteiger partial charge in [-0.3, -0.25) is 14.4 Å². The van der Waals surface area contributed by atoms with E-state index in [0.717, 1.165) is 0 Å². The molecule has 1 aliphatic heterocycles. The molecule has 0 atom stereocenters. The third-order valence-electron chi connectivity index (χ3n) is 2.02. The molecule has 1 aliphatic rings. The summed E-state index contributed by atoms with van der Waals surface area (Å²) in [4.78, 5) is 33.4. The van der Waals surface area contributed by atoms with Crippen molar-refractivity contribution in [2.75, 3.05) is 19.6 Å². The molecule has 0 spiro atoms. The number of hydrogen-bond acceptors (Lipinski definition) is 3. The Hall–Kier alpha value is -1.59. The first-order chi connectivity index (χ1) is 7.18. The highest BCUT2D eigenvalue weighted by Crippen LogP contribution is 1.86. The van der Waals surface area contributed by atoms with Crippen LogP contribution in [0.15, 0.2) is 0 Å². The Balaban J connectivity index is 2.40. The van der Waals surface area contributed by atoms with Crippen molar-refractivity contribution in [3.8, 4) is 0 Å². The molecule has 1 saturated heterocycles. The molecule has 0 bridgehead atoms. The van der Waals surface area contributed by atoms with Crippen LogP contribution in [0, 0.1) is 0 Å². The Morgan fingerprint density at radius 1 is 0.600 bits per heavy atom. The minimum Gasteiger partial charge on any atom is -0.356 e. The summed E-state index contributed by atoms with van der Waals surface area (Å²) in [5, 5.41) is 7.78. The molecule has 6 heteroatoms. The van der Waals surface area contributed by atoms with E-state index in [2.05, 4.69) is 16.0 Å². The molecule has 1 fully saturated rings. The third-order valence-corrected chi connectivity index (χ3v) is 2.02. The molecular weight excluding hydrogens is 198 g/mol. The fourth-order valence-electron chi connectivity index (χ4n) is 1.21. The second-order valence-corrected chi connectivity index (χ2v) is 3.30. The smallest absolute Gasteiger partial charge is 0.221 e. The van der Waals surface area contributed by atoms with Gasteiger partial charge in [-0.15, -0.1) is 0 Å². The van der Waals surface area contributed by atoms with Gasteiger partial charge in [0, 0.05) is 38.9 Å². The summed E-state index contributed by atoms with van der Waals surface area (Å²) in [5.41, 5.74) is 0. The lowest BCUT2D eigenvalue weighted by Crippen LogP contribution is -2.37. The first-order valence-corrected chi connectivity index (χ1v) is 4.98. The van der Waals surface area contributed by atoms with Gasteiger partial charge in [0.05, 0.1) is 0 Å². The molecular formula is C9H15N3O3. The van der Waals surface area contributed by atoms with Gasteiger partial charge in [-0.2, -0.15) is 0 Å². The Morgan fingerprint density at radius 2 is 0.867 bits per heavy atom. The van der Waals surface area contributed by atoms with Gasteiger partial charge in [-0.05, 0) is 0 Å². The fraction of sp³-hybridized carbons (Fsp3) is 0.667. The van der Waals surface area contributed by atoms with Crippen LogP contribution >= 0.6 is 0 Å². The first-order valence-electron chi connectivity index (χ1n) is 4.98. The van der Waals surface area contributed by atoms with Crippen LogP contribution in [0.2, 0.25) is 0 Å². The SMILES string of the molecule is O=C1CCNC(=O)CCNC(=O)CCN1. The largest absolute Gasteiger partial charge is 0.356 e. The van der Waals surface area contributed by atoms with Crippen molar-refractivity contribution in [3.63, 3.8) is 0 Å². The second kappa shape index (κ2) is 6.00. The molecule has 15 heavy (non-hydrogen) atoms. The molecule has 1 heterocycles. The highest BCUT2D eigenvalue weighted by atomic mass is 16.2. The van der Waals surface area contributed by atoms with Crippen LogP contribution in [0.5, 0.6) is 0 Å². The number of nitrogens with one attached hydrogen (secondary N) is 3. The van der Waals surface area contributed by atoms with Gasteiger partial charge in [-0.25, -0.2) is 0 Å². The summed E-state index contributed by atoms with van der Waals surface area (Å²) < 4.78 is 0. The number of amides is 3. The topological polar surface area (TPSA) is 87.3 Å². The zero-order valence-corrected chi connectivity index (χ0v) is 8.47. The van der Waals surface area contributed by atoms with E-state index in [1.165, 1.54) is 0 Å². The lowest BCUT2D eigenvalue weighted by molar-refractivity contribution is -0.123. The van der Waals surface area contributed by atoms with Gasteiger partial charge in [0.15, 0.2) is 0 Å². The van der Waals surface area contributed by atoms with E-state index in [1.807, 2.05) is 0 Å². The average molecular weight is 213 g/mol. The van der Waals surface area contributed by atoms with Gasteiger partial charge in [0.25, 0.3) is 0 Å². The molecule has 0 aromatic carbocycles. The van der Waals surface area contributed by atoms with Crippen molar-refractivity contribution in [3.05, 3.63) is 0 Å². The molecule has 0 aromatic rings. The van der Waals surface area contributed by atoms with E-state index >= 15 is 0 Å². The summed E-state index contributed by atoms with van der Waals surface area (Å²) in [5.74, 6) is -0.448. The Labute approximate surface area is 87.8 Å². The van der Waals surface area contributed by atoms with Gasteiger partial charge >= 0.3 is 0 Å². The minimum atomic E-state index is -0.149. The molecule has 1 rings (SSSR count). The fourth-order valence-corrected chi connectivity index (χ4v) is 1.21. The first kappa shape index (κ1) is 11.5. The molecule has 0 saturated carbocycles. The standard InChI is InChI=1S/C9H15N3O3/c13-7-1-4-10-8(14)3-6-12-9(15)2-5-11-7/h1-6H2,(H,10,14)(H,11,13)(H,12,15). The molecule has 84 valence electrons. The van der Waals surface area contributed by atoms with E-state index in [0.29, 0.717) is 19.6 Å². The average Bonchev–Trinajstić information content (AvgIpc) is 2.16. The highest BCUT2D eigenvalue weighted by Gasteiger charge is 2.08. The van der Waals surface area contributed by atoms with Crippen molar-refractivity contribution in [1.29, 1.82) is 0 Å². The Bertz CT molecular complexity index is 205. The summed E-state index contributed by atoms with van der Waals surface area (Å²) in [6.07, 6.45) is 0.772. The maximum atomic E-state index is 11.1.